The van der Waals surface area contributed by atoms with Crippen molar-refractivity contribution >= 4 is 17.5 Å². The van der Waals surface area contributed by atoms with Gasteiger partial charge in [-0.15, -0.1) is 0 Å². The van der Waals surface area contributed by atoms with Crippen LogP contribution in [0.1, 0.15) is 11.1 Å². The Bertz CT molecular complexity index is 673. The topological polar surface area (TPSA) is 47.6 Å². The summed E-state index contributed by atoms with van der Waals surface area (Å²) in [7, 11) is 3.21. The first-order valence-electron chi connectivity index (χ1n) is 7.34. The first-order valence-corrected chi connectivity index (χ1v) is 7.72. The third-order valence-corrected chi connectivity index (χ3v) is 3.83. The molecule has 2 aromatic carbocycles. The average molecular weight is 334 g/mol. The van der Waals surface area contributed by atoms with Crippen molar-refractivity contribution in [3.05, 3.63) is 58.6 Å². The summed E-state index contributed by atoms with van der Waals surface area (Å²) in [5, 5.41) is 3.55. The molecule has 0 unspecified atom stereocenters. The Morgan fingerprint density at radius 2 is 1.83 bits per heavy atom. The molecule has 0 aliphatic rings. The number of hydrogen-bond donors (Lipinski definition) is 1. The summed E-state index contributed by atoms with van der Waals surface area (Å²) in [6, 6.07) is 13.0. The molecule has 122 valence electrons. The molecule has 0 bridgehead atoms. The fourth-order valence-corrected chi connectivity index (χ4v) is 2.49. The molecule has 0 aliphatic heterocycles. The number of halogens is 1. The molecule has 0 aliphatic carbocycles. The van der Waals surface area contributed by atoms with Crippen LogP contribution in [0.3, 0.4) is 0 Å². The number of rotatable bonds is 7. The molecule has 0 spiro atoms. The van der Waals surface area contributed by atoms with Crippen LogP contribution in [0.25, 0.3) is 0 Å². The van der Waals surface area contributed by atoms with E-state index in [1.165, 1.54) is 0 Å². The number of ether oxygens (including phenoxy) is 2. The van der Waals surface area contributed by atoms with Gasteiger partial charge in [0.2, 0.25) is 5.91 Å². The highest BCUT2D eigenvalue weighted by molar-refractivity contribution is 6.31. The van der Waals surface area contributed by atoms with Gasteiger partial charge in [-0.3, -0.25) is 4.79 Å². The van der Waals surface area contributed by atoms with Gasteiger partial charge in [-0.1, -0.05) is 29.8 Å². The minimum atomic E-state index is -0.0251. The second-order valence-electron chi connectivity index (χ2n) is 5.09. The van der Waals surface area contributed by atoms with Gasteiger partial charge in [-0.25, -0.2) is 0 Å². The Balaban J connectivity index is 1.82. The van der Waals surface area contributed by atoms with Gasteiger partial charge in [0, 0.05) is 11.6 Å². The summed E-state index contributed by atoms with van der Waals surface area (Å²) in [5.74, 6) is 1.45. The number of hydrogen-bond acceptors (Lipinski definition) is 3. The van der Waals surface area contributed by atoms with Crippen LogP contribution in [-0.4, -0.2) is 26.7 Å². The summed E-state index contributed by atoms with van der Waals surface area (Å²) in [5.41, 5.74) is 1.90. The molecule has 23 heavy (non-hydrogen) atoms. The molecule has 0 atom stereocenters. The molecular formula is C18H20ClNO3. The van der Waals surface area contributed by atoms with Crippen LogP contribution < -0.4 is 14.8 Å². The number of benzene rings is 2. The van der Waals surface area contributed by atoms with Gasteiger partial charge < -0.3 is 14.8 Å². The lowest BCUT2D eigenvalue weighted by Gasteiger charge is -2.09. The van der Waals surface area contributed by atoms with Gasteiger partial charge >= 0.3 is 0 Å². The zero-order valence-corrected chi connectivity index (χ0v) is 14.0. The lowest BCUT2D eigenvalue weighted by atomic mass is 10.1. The number of carbonyl (C=O) groups excluding carboxylic acids is 1. The first-order chi connectivity index (χ1) is 11.1. The third kappa shape index (κ3) is 5.18. The Kier molecular flexibility index (Phi) is 6.29. The van der Waals surface area contributed by atoms with Gasteiger partial charge in [0.05, 0.1) is 20.6 Å². The van der Waals surface area contributed by atoms with E-state index in [-0.39, 0.29) is 5.91 Å². The molecule has 2 rings (SSSR count). The normalized spacial score (nSPS) is 10.2. The number of nitrogens with one attached hydrogen (secondary N) is 1. The van der Waals surface area contributed by atoms with E-state index in [0.717, 1.165) is 22.6 Å². The van der Waals surface area contributed by atoms with Crippen molar-refractivity contribution < 1.29 is 14.3 Å². The largest absolute Gasteiger partial charge is 0.497 e. The van der Waals surface area contributed by atoms with E-state index < -0.39 is 0 Å². The third-order valence-electron chi connectivity index (χ3n) is 3.48. The fraction of sp³-hybridized carbons (Fsp3) is 0.278. The molecule has 0 aromatic heterocycles. The van der Waals surface area contributed by atoms with Crippen LogP contribution in [0.15, 0.2) is 42.5 Å². The summed E-state index contributed by atoms with van der Waals surface area (Å²) >= 11 is 6.18. The standard InChI is InChI=1S/C18H20ClNO3/c1-22-15-5-3-4-13(10-15)11-18(21)20-9-8-14-6-7-16(23-2)12-17(14)19/h3-7,10,12H,8-9,11H2,1-2H3,(H,20,21). The van der Waals surface area contributed by atoms with E-state index in [4.69, 9.17) is 21.1 Å². The van der Waals surface area contributed by atoms with E-state index in [0.29, 0.717) is 24.4 Å². The van der Waals surface area contributed by atoms with Crippen molar-refractivity contribution in [2.75, 3.05) is 20.8 Å². The summed E-state index contributed by atoms with van der Waals surface area (Å²) in [4.78, 5) is 12.0. The lowest BCUT2D eigenvalue weighted by Crippen LogP contribution is -2.27. The predicted molar refractivity (Wildman–Crippen MR) is 91.4 cm³/mol. The zero-order chi connectivity index (χ0) is 16.7. The smallest absolute Gasteiger partial charge is 0.224 e. The number of methoxy groups -OCH3 is 2. The highest BCUT2D eigenvalue weighted by Crippen LogP contribution is 2.22. The van der Waals surface area contributed by atoms with Gasteiger partial charge in [-0.2, -0.15) is 0 Å². The maximum Gasteiger partial charge on any atom is 0.224 e. The van der Waals surface area contributed by atoms with Crippen LogP contribution >= 0.6 is 11.6 Å². The summed E-state index contributed by atoms with van der Waals surface area (Å²) in [6.45, 7) is 0.537. The Morgan fingerprint density at radius 1 is 1.09 bits per heavy atom. The maximum atomic E-state index is 12.0. The number of amides is 1. The summed E-state index contributed by atoms with van der Waals surface area (Å²) < 4.78 is 10.3. The van der Waals surface area contributed by atoms with E-state index in [9.17, 15) is 4.79 Å². The van der Waals surface area contributed by atoms with Crippen LogP contribution in [0.5, 0.6) is 11.5 Å². The van der Waals surface area contributed by atoms with Crippen molar-refractivity contribution in [1.29, 1.82) is 0 Å². The molecule has 0 heterocycles. The van der Waals surface area contributed by atoms with E-state index in [1.807, 2.05) is 36.4 Å². The quantitative estimate of drug-likeness (QED) is 0.846. The van der Waals surface area contributed by atoms with Crippen molar-refractivity contribution in [2.24, 2.45) is 0 Å². The molecule has 0 fully saturated rings. The molecule has 1 N–H and O–H groups in total. The van der Waals surface area contributed by atoms with Gasteiger partial charge in [-0.05, 0) is 41.8 Å². The minimum Gasteiger partial charge on any atom is -0.497 e. The van der Waals surface area contributed by atoms with Crippen LogP contribution in [-0.2, 0) is 17.6 Å². The molecule has 5 heteroatoms. The number of carbonyl (C=O) groups is 1. The van der Waals surface area contributed by atoms with Gasteiger partial charge in [0.25, 0.3) is 0 Å². The van der Waals surface area contributed by atoms with E-state index in [2.05, 4.69) is 5.32 Å². The van der Waals surface area contributed by atoms with Crippen molar-refractivity contribution in [3.8, 4) is 11.5 Å². The van der Waals surface area contributed by atoms with E-state index >= 15 is 0 Å². The van der Waals surface area contributed by atoms with Crippen molar-refractivity contribution in [3.63, 3.8) is 0 Å². The maximum absolute atomic E-state index is 12.0. The zero-order valence-electron chi connectivity index (χ0n) is 13.3. The molecular weight excluding hydrogens is 314 g/mol. The lowest BCUT2D eigenvalue weighted by molar-refractivity contribution is -0.120. The second-order valence-corrected chi connectivity index (χ2v) is 5.49. The van der Waals surface area contributed by atoms with Crippen LogP contribution in [0, 0.1) is 0 Å². The Morgan fingerprint density at radius 3 is 2.52 bits per heavy atom. The molecule has 4 nitrogen and oxygen atoms in total. The fourth-order valence-electron chi connectivity index (χ4n) is 2.22. The van der Waals surface area contributed by atoms with E-state index in [1.54, 1.807) is 20.3 Å². The second kappa shape index (κ2) is 8.44. The molecule has 2 aromatic rings. The highest BCUT2D eigenvalue weighted by atomic mass is 35.5. The highest BCUT2D eigenvalue weighted by Gasteiger charge is 2.06. The predicted octanol–water partition coefficient (Wildman–Crippen LogP) is 3.26. The van der Waals surface area contributed by atoms with Crippen molar-refractivity contribution in [2.45, 2.75) is 12.8 Å². The summed E-state index contributed by atoms with van der Waals surface area (Å²) in [6.07, 6.45) is 1.00. The molecule has 0 saturated heterocycles. The molecule has 0 radical (unpaired) electrons. The molecule has 0 saturated carbocycles. The Labute approximate surface area is 141 Å². The minimum absolute atomic E-state index is 0.0251. The van der Waals surface area contributed by atoms with Gasteiger partial charge in [0.1, 0.15) is 11.5 Å². The first kappa shape index (κ1) is 17.2. The Hall–Kier alpha value is -2.20. The SMILES string of the molecule is COc1cccc(CC(=O)NCCc2ccc(OC)cc2Cl)c1. The monoisotopic (exact) mass is 333 g/mol. The van der Waals surface area contributed by atoms with Gasteiger partial charge in [0.15, 0.2) is 0 Å². The van der Waals surface area contributed by atoms with Crippen molar-refractivity contribution in [1.82, 2.24) is 5.32 Å². The van der Waals surface area contributed by atoms with Crippen LogP contribution in [0.4, 0.5) is 0 Å². The average Bonchev–Trinajstić information content (AvgIpc) is 2.56. The van der Waals surface area contributed by atoms with Crippen LogP contribution in [0.2, 0.25) is 5.02 Å². The molecule has 1 amide bonds.